The van der Waals surface area contributed by atoms with Crippen molar-refractivity contribution >= 4 is 5.97 Å². The van der Waals surface area contributed by atoms with E-state index in [0.717, 1.165) is 37.0 Å². The number of carbonyl (C=O) groups is 1. The van der Waals surface area contributed by atoms with Gasteiger partial charge in [0.05, 0.1) is 11.0 Å². The van der Waals surface area contributed by atoms with Crippen LogP contribution in [0.15, 0.2) is 24.3 Å². The summed E-state index contributed by atoms with van der Waals surface area (Å²) in [4.78, 5) is 12.7. The summed E-state index contributed by atoms with van der Waals surface area (Å²) in [6.07, 6.45) is 5.29. The van der Waals surface area contributed by atoms with Crippen molar-refractivity contribution in [2.45, 2.75) is 51.0 Å². The van der Waals surface area contributed by atoms with Crippen molar-refractivity contribution in [2.24, 2.45) is 17.3 Å². The number of aryl methyl sites for hydroxylation is 1. The number of hydrogen-bond acceptors (Lipinski definition) is 4. The van der Waals surface area contributed by atoms with Gasteiger partial charge in [-0.05, 0) is 68.9 Å². The number of esters is 1. The lowest BCUT2D eigenvalue weighted by Crippen LogP contribution is -2.58. The molecule has 4 fully saturated rings. The van der Waals surface area contributed by atoms with E-state index in [9.17, 15) is 9.90 Å². The van der Waals surface area contributed by atoms with Crippen molar-refractivity contribution in [2.75, 3.05) is 13.2 Å². The highest BCUT2D eigenvalue weighted by atomic mass is 16.6. The number of carbonyl (C=O) groups excluding carboxylic acids is 1. The van der Waals surface area contributed by atoms with Crippen molar-refractivity contribution in [3.63, 3.8) is 0 Å². The molecule has 0 saturated heterocycles. The predicted octanol–water partition coefficient (Wildman–Crippen LogP) is 3.25. The second-order valence-electron chi connectivity index (χ2n) is 8.22. The van der Waals surface area contributed by atoms with Crippen LogP contribution in [0, 0.1) is 24.2 Å². The van der Waals surface area contributed by atoms with Crippen molar-refractivity contribution < 1.29 is 19.4 Å². The average Bonchev–Trinajstić information content (AvgIpc) is 2.50. The highest BCUT2D eigenvalue weighted by molar-refractivity contribution is 5.77. The topological polar surface area (TPSA) is 55.8 Å². The van der Waals surface area contributed by atoms with Gasteiger partial charge in [0.2, 0.25) is 0 Å². The Morgan fingerprint density at radius 3 is 2.54 bits per heavy atom. The van der Waals surface area contributed by atoms with E-state index in [0.29, 0.717) is 24.9 Å². The van der Waals surface area contributed by atoms with Gasteiger partial charge in [0, 0.05) is 0 Å². The molecule has 0 amide bonds. The largest absolute Gasteiger partial charge is 0.490 e. The minimum absolute atomic E-state index is 0.122. The summed E-state index contributed by atoms with van der Waals surface area (Å²) in [6, 6.07) is 7.83. The third-order valence-electron chi connectivity index (χ3n) is 6.13. The first kappa shape index (κ1) is 15.9. The molecular formula is C20H26O4. The molecule has 4 aliphatic rings. The summed E-state index contributed by atoms with van der Waals surface area (Å²) in [5, 5.41) is 10.7. The average molecular weight is 330 g/mol. The molecule has 1 aromatic carbocycles. The van der Waals surface area contributed by atoms with Crippen molar-refractivity contribution in [3.8, 4) is 5.75 Å². The maximum atomic E-state index is 12.7. The molecule has 1 aromatic rings. The summed E-state index contributed by atoms with van der Waals surface area (Å²) in [5.74, 6) is 1.69. The minimum Gasteiger partial charge on any atom is -0.490 e. The molecule has 24 heavy (non-hydrogen) atoms. The van der Waals surface area contributed by atoms with Gasteiger partial charge in [0.25, 0.3) is 0 Å². The standard InChI is InChI=1S/C20H26O4/c1-14-4-2-3-5-17(14)23-6-7-24-18(21)19-9-15-8-16(10-19)12-20(22,11-15)13-19/h2-5,15-16,22H,6-13H2,1H3/t15-,16+,19?,20?. The third-order valence-corrected chi connectivity index (χ3v) is 6.13. The maximum absolute atomic E-state index is 12.7. The number of benzene rings is 1. The van der Waals surface area contributed by atoms with Crippen molar-refractivity contribution in [1.82, 2.24) is 0 Å². The van der Waals surface area contributed by atoms with Gasteiger partial charge in [-0.3, -0.25) is 4.79 Å². The monoisotopic (exact) mass is 330 g/mol. The number of ether oxygens (including phenoxy) is 2. The van der Waals surface area contributed by atoms with E-state index < -0.39 is 11.0 Å². The molecule has 0 heterocycles. The number of para-hydroxylation sites is 1. The van der Waals surface area contributed by atoms with E-state index in [-0.39, 0.29) is 12.6 Å². The van der Waals surface area contributed by atoms with Crippen molar-refractivity contribution in [3.05, 3.63) is 29.8 Å². The van der Waals surface area contributed by atoms with Crippen LogP contribution >= 0.6 is 0 Å². The van der Waals surface area contributed by atoms with Crippen LogP contribution in [0.1, 0.15) is 44.1 Å². The fraction of sp³-hybridized carbons (Fsp3) is 0.650. The highest BCUT2D eigenvalue weighted by Gasteiger charge is 2.60. The molecule has 4 aliphatic carbocycles. The van der Waals surface area contributed by atoms with Crippen LogP contribution < -0.4 is 4.74 Å². The lowest BCUT2D eigenvalue weighted by molar-refractivity contribution is -0.196. The van der Waals surface area contributed by atoms with Gasteiger partial charge in [-0.15, -0.1) is 0 Å². The number of rotatable bonds is 5. The summed E-state index contributed by atoms with van der Waals surface area (Å²) in [6.45, 7) is 2.63. The molecule has 1 N–H and O–H groups in total. The normalized spacial score (nSPS) is 36.6. The Hall–Kier alpha value is -1.55. The molecule has 4 nitrogen and oxygen atoms in total. The summed E-state index contributed by atoms with van der Waals surface area (Å²) in [7, 11) is 0. The molecule has 5 rings (SSSR count). The lowest BCUT2D eigenvalue weighted by atomic mass is 9.48. The quantitative estimate of drug-likeness (QED) is 0.665. The molecule has 4 bridgehead atoms. The molecule has 4 heteroatoms. The number of aliphatic hydroxyl groups is 1. The first-order valence-corrected chi connectivity index (χ1v) is 9.06. The van der Waals surface area contributed by atoms with E-state index in [1.54, 1.807) is 0 Å². The Balaban J connectivity index is 1.33. The molecule has 130 valence electrons. The van der Waals surface area contributed by atoms with Gasteiger partial charge in [-0.2, -0.15) is 0 Å². The summed E-state index contributed by atoms with van der Waals surface area (Å²) >= 11 is 0. The first-order chi connectivity index (χ1) is 11.5. The van der Waals surface area contributed by atoms with Gasteiger partial charge in [0.15, 0.2) is 0 Å². The fourth-order valence-corrected chi connectivity index (χ4v) is 5.61. The Morgan fingerprint density at radius 2 is 1.88 bits per heavy atom. The fourth-order valence-electron chi connectivity index (χ4n) is 5.61. The maximum Gasteiger partial charge on any atom is 0.312 e. The van der Waals surface area contributed by atoms with Crippen LogP contribution in [0.2, 0.25) is 0 Å². The zero-order valence-electron chi connectivity index (χ0n) is 14.3. The van der Waals surface area contributed by atoms with Crippen LogP contribution in [0.4, 0.5) is 0 Å². The Morgan fingerprint density at radius 1 is 1.17 bits per heavy atom. The second-order valence-corrected chi connectivity index (χ2v) is 8.22. The molecule has 0 aliphatic heterocycles. The highest BCUT2D eigenvalue weighted by Crippen LogP contribution is 2.61. The third kappa shape index (κ3) is 2.81. The molecule has 0 radical (unpaired) electrons. The Kier molecular flexibility index (Phi) is 3.83. The molecular weight excluding hydrogens is 304 g/mol. The molecule has 0 aromatic heterocycles. The Labute approximate surface area is 143 Å². The van der Waals surface area contributed by atoms with Crippen LogP contribution in [-0.4, -0.2) is 29.9 Å². The van der Waals surface area contributed by atoms with Gasteiger partial charge < -0.3 is 14.6 Å². The minimum atomic E-state index is -0.624. The van der Waals surface area contributed by atoms with E-state index in [2.05, 4.69) is 0 Å². The van der Waals surface area contributed by atoms with Crippen LogP contribution in [0.3, 0.4) is 0 Å². The van der Waals surface area contributed by atoms with Crippen LogP contribution in [0.5, 0.6) is 5.75 Å². The Bertz CT molecular complexity index is 624. The van der Waals surface area contributed by atoms with Gasteiger partial charge >= 0.3 is 5.97 Å². The molecule has 0 spiro atoms. The van der Waals surface area contributed by atoms with Crippen LogP contribution in [0.25, 0.3) is 0 Å². The summed E-state index contributed by atoms with van der Waals surface area (Å²) < 4.78 is 11.3. The van der Waals surface area contributed by atoms with E-state index in [1.807, 2.05) is 31.2 Å². The van der Waals surface area contributed by atoms with Gasteiger partial charge in [-0.1, -0.05) is 18.2 Å². The van der Waals surface area contributed by atoms with Gasteiger partial charge in [-0.25, -0.2) is 0 Å². The summed E-state index contributed by atoms with van der Waals surface area (Å²) in [5.41, 5.74) is 0.00884. The van der Waals surface area contributed by atoms with E-state index in [4.69, 9.17) is 9.47 Å². The smallest absolute Gasteiger partial charge is 0.312 e. The molecule has 2 unspecified atom stereocenters. The number of hydrogen-bond donors (Lipinski definition) is 1. The van der Waals surface area contributed by atoms with Crippen molar-refractivity contribution in [1.29, 1.82) is 0 Å². The predicted molar refractivity (Wildman–Crippen MR) is 89.7 cm³/mol. The SMILES string of the molecule is Cc1ccccc1OCCOC(=O)C12C[C@@H]3C[C@@H](CC(O)(C3)C1)C2. The van der Waals surface area contributed by atoms with E-state index in [1.165, 1.54) is 6.42 Å². The molecule has 4 saturated carbocycles. The molecule has 4 atom stereocenters. The lowest BCUT2D eigenvalue weighted by Gasteiger charge is -2.58. The van der Waals surface area contributed by atoms with E-state index >= 15 is 0 Å². The first-order valence-electron chi connectivity index (χ1n) is 9.06. The zero-order chi connectivity index (χ0) is 16.8. The van der Waals surface area contributed by atoms with Gasteiger partial charge in [0.1, 0.15) is 19.0 Å². The van der Waals surface area contributed by atoms with Crippen LogP contribution in [-0.2, 0) is 9.53 Å². The zero-order valence-corrected chi connectivity index (χ0v) is 14.3. The second kappa shape index (κ2) is 5.76.